The topological polar surface area (TPSA) is 70.6 Å². The highest BCUT2D eigenvalue weighted by Crippen LogP contribution is 2.42. The van der Waals surface area contributed by atoms with Crippen molar-refractivity contribution in [3.63, 3.8) is 0 Å². The number of sulfone groups is 1. The molecule has 1 fully saturated rings. The standard InChI is InChI=1S/C13H27N3O2S.HI/c1-4-13(7-5-8-13)11-16-12(14-2)15-9-6-10-19(3,17)18;/h4-11H2,1-3H3,(H2,14,15,16);1H. The smallest absolute Gasteiger partial charge is 0.190 e. The Labute approximate surface area is 140 Å². The van der Waals surface area contributed by atoms with E-state index in [0.717, 1.165) is 12.5 Å². The van der Waals surface area contributed by atoms with Crippen LogP contribution in [0.2, 0.25) is 0 Å². The highest BCUT2D eigenvalue weighted by molar-refractivity contribution is 14.0. The van der Waals surface area contributed by atoms with Gasteiger partial charge in [-0.3, -0.25) is 4.99 Å². The van der Waals surface area contributed by atoms with Gasteiger partial charge in [0, 0.05) is 26.4 Å². The Kier molecular flexibility index (Phi) is 9.04. The Morgan fingerprint density at radius 1 is 1.30 bits per heavy atom. The molecule has 20 heavy (non-hydrogen) atoms. The number of hydrogen-bond acceptors (Lipinski definition) is 3. The zero-order valence-corrected chi connectivity index (χ0v) is 15.9. The third-order valence-corrected chi connectivity index (χ3v) is 5.03. The summed E-state index contributed by atoms with van der Waals surface area (Å²) in [5.74, 6) is 0.990. The van der Waals surface area contributed by atoms with E-state index in [4.69, 9.17) is 0 Å². The lowest BCUT2D eigenvalue weighted by molar-refractivity contribution is 0.131. The molecule has 1 aliphatic rings. The molecule has 0 aromatic rings. The fourth-order valence-electron chi connectivity index (χ4n) is 2.37. The normalized spacial score (nSPS) is 17.9. The van der Waals surface area contributed by atoms with Crippen LogP contribution in [0.15, 0.2) is 4.99 Å². The first-order valence-corrected chi connectivity index (χ1v) is 9.09. The van der Waals surface area contributed by atoms with E-state index in [2.05, 4.69) is 22.5 Å². The molecule has 0 unspecified atom stereocenters. The number of aliphatic imine (C=N–C) groups is 1. The molecule has 0 heterocycles. The van der Waals surface area contributed by atoms with E-state index in [1.807, 2.05) is 0 Å². The lowest BCUT2D eigenvalue weighted by atomic mass is 9.67. The summed E-state index contributed by atoms with van der Waals surface area (Å²) in [4.78, 5) is 4.16. The Balaban J connectivity index is 0.00000361. The van der Waals surface area contributed by atoms with Crippen LogP contribution in [-0.4, -0.2) is 46.5 Å². The minimum absolute atomic E-state index is 0. The molecule has 120 valence electrons. The van der Waals surface area contributed by atoms with Gasteiger partial charge in [-0.05, 0) is 31.1 Å². The Bertz CT molecular complexity index is 400. The SMILES string of the molecule is CCC1(CNC(=NC)NCCCS(C)(=O)=O)CCC1.I. The van der Waals surface area contributed by atoms with Crippen LogP contribution in [-0.2, 0) is 9.84 Å². The van der Waals surface area contributed by atoms with Gasteiger partial charge in [0.15, 0.2) is 5.96 Å². The number of hydrogen-bond donors (Lipinski definition) is 2. The van der Waals surface area contributed by atoms with Crippen LogP contribution in [0, 0.1) is 5.41 Å². The highest BCUT2D eigenvalue weighted by Gasteiger charge is 2.34. The van der Waals surface area contributed by atoms with E-state index in [0.29, 0.717) is 18.4 Å². The van der Waals surface area contributed by atoms with Crippen LogP contribution in [0.25, 0.3) is 0 Å². The van der Waals surface area contributed by atoms with E-state index >= 15 is 0 Å². The minimum atomic E-state index is -2.86. The zero-order chi connectivity index (χ0) is 14.4. The number of rotatable bonds is 7. The Morgan fingerprint density at radius 3 is 2.35 bits per heavy atom. The van der Waals surface area contributed by atoms with Gasteiger partial charge in [-0.2, -0.15) is 0 Å². The quantitative estimate of drug-likeness (QED) is 0.287. The summed E-state index contributed by atoms with van der Waals surface area (Å²) >= 11 is 0. The van der Waals surface area contributed by atoms with Crippen LogP contribution in [0.1, 0.15) is 39.0 Å². The molecule has 0 aliphatic heterocycles. The fraction of sp³-hybridized carbons (Fsp3) is 0.923. The van der Waals surface area contributed by atoms with Crippen molar-refractivity contribution in [2.24, 2.45) is 10.4 Å². The largest absolute Gasteiger partial charge is 0.356 e. The van der Waals surface area contributed by atoms with Gasteiger partial charge in [-0.15, -0.1) is 24.0 Å². The van der Waals surface area contributed by atoms with Crippen LogP contribution < -0.4 is 10.6 Å². The molecule has 5 nitrogen and oxygen atoms in total. The lowest BCUT2D eigenvalue weighted by Crippen LogP contribution is -2.46. The summed E-state index contributed by atoms with van der Waals surface area (Å²) in [7, 11) is -1.12. The van der Waals surface area contributed by atoms with Gasteiger partial charge in [-0.25, -0.2) is 8.42 Å². The van der Waals surface area contributed by atoms with Crippen molar-refractivity contribution in [2.75, 3.05) is 32.1 Å². The summed E-state index contributed by atoms with van der Waals surface area (Å²) in [6, 6.07) is 0. The second-order valence-electron chi connectivity index (χ2n) is 5.54. The van der Waals surface area contributed by atoms with Crippen LogP contribution >= 0.6 is 24.0 Å². The first kappa shape index (κ1) is 19.9. The summed E-state index contributed by atoms with van der Waals surface area (Å²) in [6.45, 7) is 3.82. The van der Waals surface area contributed by atoms with Crippen molar-refractivity contribution in [3.8, 4) is 0 Å². The predicted molar refractivity (Wildman–Crippen MR) is 95.7 cm³/mol. The molecule has 0 atom stereocenters. The molecular weight excluding hydrogens is 389 g/mol. The first-order chi connectivity index (χ1) is 8.91. The number of nitrogens with zero attached hydrogens (tertiary/aromatic N) is 1. The maximum atomic E-state index is 11.0. The molecule has 0 saturated heterocycles. The van der Waals surface area contributed by atoms with Gasteiger partial charge in [0.1, 0.15) is 9.84 Å². The average molecular weight is 417 g/mol. The lowest BCUT2D eigenvalue weighted by Gasteiger charge is -2.41. The van der Waals surface area contributed by atoms with Crippen molar-refractivity contribution in [3.05, 3.63) is 0 Å². The van der Waals surface area contributed by atoms with Crippen molar-refractivity contribution in [2.45, 2.75) is 39.0 Å². The maximum Gasteiger partial charge on any atom is 0.190 e. The summed E-state index contributed by atoms with van der Waals surface area (Å²) in [5, 5.41) is 6.51. The summed E-state index contributed by atoms with van der Waals surface area (Å²) in [6.07, 6.45) is 6.99. The van der Waals surface area contributed by atoms with Crippen molar-refractivity contribution in [1.82, 2.24) is 10.6 Å². The molecule has 1 rings (SSSR count). The molecule has 0 amide bonds. The molecular formula is C13H28IN3O2S. The second kappa shape index (κ2) is 9.07. The minimum Gasteiger partial charge on any atom is -0.356 e. The van der Waals surface area contributed by atoms with E-state index in [9.17, 15) is 8.42 Å². The molecule has 0 aromatic carbocycles. The Hall–Kier alpha value is -0.0500. The average Bonchev–Trinajstić information content (AvgIpc) is 2.29. The van der Waals surface area contributed by atoms with Gasteiger partial charge < -0.3 is 10.6 Å². The molecule has 1 saturated carbocycles. The van der Waals surface area contributed by atoms with Crippen molar-refractivity contribution in [1.29, 1.82) is 0 Å². The molecule has 0 aromatic heterocycles. The van der Waals surface area contributed by atoms with Gasteiger partial charge in [0.25, 0.3) is 0 Å². The molecule has 2 N–H and O–H groups in total. The molecule has 0 spiro atoms. The predicted octanol–water partition coefficient (Wildman–Crippen LogP) is 1.78. The van der Waals surface area contributed by atoms with Gasteiger partial charge in [-0.1, -0.05) is 13.3 Å². The zero-order valence-electron chi connectivity index (χ0n) is 12.7. The fourth-order valence-corrected chi connectivity index (χ4v) is 3.03. The number of halogens is 1. The van der Waals surface area contributed by atoms with Gasteiger partial charge in [0.2, 0.25) is 0 Å². The third-order valence-electron chi connectivity index (χ3n) is 4.00. The first-order valence-electron chi connectivity index (χ1n) is 7.03. The van der Waals surface area contributed by atoms with E-state index < -0.39 is 9.84 Å². The summed E-state index contributed by atoms with van der Waals surface area (Å²) in [5.41, 5.74) is 0.449. The van der Waals surface area contributed by atoms with Crippen LogP contribution in [0.5, 0.6) is 0 Å². The number of nitrogens with one attached hydrogen (secondary N) is 2. The molecule has 7 heteroatoms. The maximum absolute atomic E-state index is 11.0. The van der Waals surface area contributed by atoms with Gasteiger partial charge in [0.05, 0.1) is 5.75 Å². The second-order valence-corrected chi connectivity index (χ2v) is 7.80. The molecule has 0 bridgehead atoms. The molecule has 1 aliphatic carbocycles. The van der Waals surface area contributed by atoms with Crippen LogP contribution in [0.4, 0.5) is 0 Å². The van der Waals surface area contributed by atoms with E-state index in [1.54, 1.807) is 7.05 Å². The highest BCUT2D eigenvalue weighted by atomic mass is 127. The Morgan fingerprint density at radius 2 is 1.95 bits per heavy atom. The van der Waals surface area contributed by atoms with E-state index in [1.165, 1.54) is 31.9 Å². The van der Waals surface area contributed by atoms with E-state index in [-0.39, 0.29) is 29.7 Å². The van der Waals surface area contributed by atoms with Crippen LogP contribution in [0.3, 0.4) is 0 Å². The van der Waals surface area contributed by atoms with Crippen molar-refractivity contribution < 1.29 is 8.42 Å². The van der Waals surface area contributed by atoms with Crippen molar-refractivity contribution >= 4 is 39.8 Å². The monoisotopic (exact) mass is 417 g/mol. The summed E-state index contributed by atoms with van der Waals surface area (Å²) < 4.78 is 22.0. The molecule has 0 radical (unpaired) electrons. The third kappa shape index (κ3) is 7.10. The number of guanidine groups is 1. The van der Waals surface area contributed by atoms with Gasteiger partial charge >= 0.3 is 0 Å².